The molecule has 0 aromatic heterocycles. The van der Waals surface area contributed by atoms with Gasteiger partial charge < -0.3 is 9.84 Å². The zero-order valence-corrected chi connectivity index (χ0v) is 13.8. The van der Waals surface area contributed by atoms with Crippen molar-refractivity contribution in [2.45, 2.75) is 12.8 Å². The van der Waals surface area contributed by atoms with E-state index in [0.29, 0.717) is 28.0 Å². The van der Waals surface area contributed by atoms with E-state index < -0.39 is 39.9 Å². The Bertz CT molecular complexity index is 988. The third-order valence-corrected chi connectivity index (χ3v) is 5.63. The van der Waals surface area contributed by atoms with E-state index in [0.717, 1.165) is 12.8 Å². The molecule has 2 aliphatic rings. The fourth-order valence-corrected chi connectivity index (χ4v) is 3.94. The molecule has 132 valence electrons. The number of fused-ring (bicyclic) bond motifs is 1. The summed E-state index contributed by atoms with van der Waals surface area (Å²) in [5, 5.41) is 10.6. The first-order chi connectivity index (χ1) is 11.8. The zero-order chi connectivity index (χ0) is 17.8. The molecule has 0 radical (unpaired) electrons. The summed E-state index contributed by atoms with van der Waals surface area (Å²) < 4.78 is 46.8. The van der Waals surface area contributed by atoms with Crippen LogP contribution in [0.5, 0.6) is 11.5 Å². The van der Waals surface area contributed by atoms with Crippen molar-refractivity contribution in [3.8, 4) is 11.5 Å². The molecule has 1 heterocycles. The van der Waals surface area contributed by atoms with E-state index in [9.17, 15) is 22.7 Å². The van der Waals surface area contributed by atoms with Gasteiger partial charge in [-0.15, -0.1) is 0 Å². The third-order valence-electron chi connectivity index (χ3n) is 4.26. The second kappa shape index (κ2) is 5.48. The predicted molar refractivity (Wildman–Crippen MR) is 88.2 cm³/mol. The topological polar surface area (TPSA) is 95.9 Å². The van der Waals surface area contributed by atoms with Crippen LogP contribution >= 0.6 is 0 Å². The molecular formula is C16H15FN2O5S. The number of phenols is 1. The first-order valence-corrected chi connectivity index (χ1v) is 9.20. The van der Waals surface area contributed by atoms with Gasteiger partial charge in [-0.25, -0.2) is 13.4 Å². The van der Waals surface area contributed by atoms with Gasteiger partial charge in [0.25, 0.3) is 5.91 Å². The highest BCUT2D eigenvalue weighted by Gasteiger charge is 2.37. The lowest BCUT2D eigenvalue weighted by atomic mass is 10.1. The van der Waals surface area contributed by atoms with E-state index in [1.165, 1.54) is 12.1 Å². The summed E-state index contributed by atoms with van der Waals surface area (Å²) >= 11 is 0. The van der Waals surface area contributed by atoms with Gasteiger partial charge in [0, 0.05) is 5.39 Å². The number of benzene rings is 2. The fraction of sp³-hybridized carbons (Fsp3) is 0.312. The number of carbonyl (C=O) groups excluding carboxylic acids is 1. The number of rotatable bonds is 4. The Hall–Kier alpha value is -2.55. The summed E-state index contributed by atoms with van der Waals surface area (Å²) in [6, 6.07) is 5.98. The third kappa shape index (κ3) is 2.84. The van der Waals surface area contributed by atoms with Crippen molar-refractivity contribution in [1.82, 2.24) is 4.72 Å². The van der Waals surface area contributed by atoms with Crippen LogP contribution in [0, 0.1) is 11.7 Å². The van der Waals surface area contributed by atoms with Crippen LogP contribution in [0.3, 0.4) is 0 Å². The van der Waals surface area contributed by atoms with Crippen LogP contribution in [0.2, 0.25) is 0 Å². The van der Waals surface area contributed by atoms with Crippen molar-refractivity contribution in [2.24, 2.45) is 5.92 Å². The molecule has 7 nitrogen and oxygen atoms in total. The highest BCUT2D eigenvalue weighted by Crippen LogP contribution is 2.39. The molecule has 2 N–H and O–H groups in total. The van der Waals surface area contributed by atoms with Crippen LogP contribution in [0.25, 0.3) is 10.8 Å². The largest absolute Gasteiger partial charge is 0.506 e. The molecule has 9 heteroatoms. The number of anilines is 1. The number of phenolic OH excluding ortho intramolecular Hbond substituents is 1. The SMILES string of the molecule is O=C1CN(c2c(O)cc3ccc(OCC4CC4)cc3c2F)S(=O)(=O)N1. The standard InChI is InChI=1S/C16H15FN2O5S/c17-15-12-6-11(24-8-9-1-2-9)4-3-10(12)5-13(20)16(15)19-7-14(21)18-25(19,22)23/h3-6,9,20H,1-2,7-8H2,(H,18,21). The molecule has 1 saturated heterocycles. The van der Waals surface area contributed by atoms with Gasteiger partial charge in [-0.05, 0) is 42.3 Å². The predicted octanol–water partition coefficient (Wildman–Crippen LogP) is 1.65. The quantitative estimate of drug-likeness (QED) is 0.858. The summed E-state index contributed by atoms with van der Waals surface area (Å²) in [7, 11) is -4.22. The van der Waals surface area contributed by atoms with E-state index in [1.54, 1.807) is 16.9 Å². The van der Waals surface area contributed by atoms with Gasteiger partial charge in [-0.1, -0.05) is 6.07 Å². The first-order valence-electron chi connectivity index (χ1n) is 7.76. The number of nitrogens with zero attached hydrogens (tertiary/aromatic N) is 1. The van der Waals surface area contributed by atoms with Crippen LogP contribution in [0.1, 0.15) is 12.8 Å². The van der Waals surface area contributed by atoms with Crippen molar-refractivity contribution < 1.29 is 27.4 Å². The van der Waals surface area contributed by atoms with Crippen molar-refractivity contribution in [2.75, 3.05) is 17.5 Å². The van der Waals surface area contributed by atoms with Gasteiger partial charge in [-0.3, -0.25) is 4.79 Å². The van der Waals surface area contributed by atoms with E-state index in [-0.39, 0.29) is 5.39 Å². The van der Waals surface area contributed by atoms with Crippen LogP contribution in [0.4, 0.5) is 10.1 Å². The number of aromatic hydroxyl groups is 1. The molecule has 0 bridgehead atoms. The lowest BCUT2D eigenvalue weighted by Crippen LogP contribution is -2.30. The molecule has 1 amide bonds. The van der Waals surface area contributed by atoms with Gasteiger partial charge in [-0.2, -0.15) is 8.42 Å². The second-order valence-corrected chi connectivity index (χ2v) is 7.83. The normalized spacial score (nSPS) is 19.2. The number of hydrogen-bond acceptors (Lipinski definition) is 5. The lowest BCUT2D eigenvalue weighted by molar-refractivity contribution is -0.117. The fourth-order valence-electron chi connectivity index (χ4n) is 2.78. The zero-order valence-electron chi connectivity index (χ0n) is 13.0. The highest BCUT2D eigenvalue weighted by molar-refractivity contribution is 7.92. The molecular weight excluding hydrogens is 351 g/mol. The Labute approximate surface area is 143 Å². The molecule has 0 atom stereocenters. The van der Waals surface area contributed by atoms with Gasteiger partial charge >= 0.3 is 10.2 Å². The molecule has 4 rings (SSSR count). The molecule has 1 saturated carbocycles. The number of halogens is 1. The molecule has 0 spiro atoms. The number of nitrogens with one attached hydrogen (secondary N) is 1. The van der Waals surface area contributed by atoms with E-state index >= 15 is 0 Å². The molecule has 2 aromatic carbocycles. The van der Waals surface area contributed by atoms with Crippen LogP contribution in [-0.2, 0) is 15.0 Å². The van der Waals surface area contributed by atoms with Gasteiger partial charge in [0.2, 0.25) is 0 Å². The van der Waals surface area contributed by atoms with Gasteiger partial charge in [0.1, 0.15) is 23.7 Å². The van der Waals surface area contributed by atoms with Crippen molar-refractivity contribution in [1.29, 1.82) is 0 Å². The summed E-state index contributed by atoms with van der Waals surface area (Å²) in [6.45, 7) is -0.0345. The summed E-state index contributed by atoms with van der Waals surface area (Å²) in [5.41, 5.74) is -0.551. The Balaban J connectivity index is 1.79. The number of ether oxygens (including phenoxy) is 1. The van der Waals surface area contributed by atoms with E-state index in [2.05, 4.69) is 0 Å². The van der Waals surface area contributed by atoms with E-state index in [4.69, 9.17) is 4.74 Å². The Morgan fingerprint density at radius 2 is 2.08 bits per heavy atom. The molecule has 1 aliphatic heterocycles. The average molecular weight is 366 g/mol. The number of carbonyl (C=O) groups is 1. The molecule has 2 aromatic rings. The maximum absolute atomic E-state index is 15.0. The molecule has 2 fully saturated rings. The van der Waals surface area contributed by atoms with Crippen LogP contribution < -0.4 is 13.8 Å². The number of amides is 1. The second-order valence-electron chi connectivity index (χ2n) is 6.23. The van der Waals surface area contributed by atoms with Crippen LogP contribution in [-0.4, -0.2) is 32.6 Å². The molecule has 25 heavy (non-hydrogen) atoms. The smallest absolute Gasteiger partial charge is 0.326 e. The van der Waals surface area contributed by atoms with Gasteiger partial charge in [0.05, 0.1) is 6.61 Å². The van der Waals surface area contributed by atoms with Crippen molar-refractivity contribution in [3.63, 3.8) is 0 Å². The van der Waals surface area contributed by atoms with Crippen molar-refractivity contribution >= 4 is 32.6 Å². The maximum atomic E-state index is 15.0. The highest BCUT2D eigenvalue weighted by atomic mass is 32.2. The summed E-state index contributed by atoms with van der Waals surface area (Å²) in [6.07, 6.45) is 2.24. The maximum Gasteiger partial charge on any atom is 0.326 e. The average Bonchev–Trinajstić information content (AvgIpc) is 3.31. The minimum Gasteiger partial charge on any atom is -0.506 e. The summed E-state index contributed by atoms with van der Waals surface area (Å²) in [5.74, 6) is -1.28. The van der Waals surface area contributed by atoms with E-state index in [1.807, 2.05) is 0 Å². The molecule has 1 aliphatic carbocycles. The lowest BCUT2D eigenvalue weighted by Gasteiger charge is -2.18. The minimum atomic E-state index is -4.22. The van der Waals surface area contributed by atoms with Crippen molar-refractivity contribution in [3.05, 3.63) is 30.1 Å². The number of hydrogen-bond donors (Lipinski definition) is 2. The summed E-state index contributed by atoms with van der Waals surface area (Å²) in [4.78, 5) is 11.4. The molecule has 0 unspecified atom stereocenters. The monoisotopic (exact) mass is 366 g/mol. The minimum absolute atomic E-state index is 0.107. The first kappa shape index (κ1) is 15.9. The Kier molecular flexibility index (Phi) is 3.50. The Morgan fingerprint density at radius 3 is 2.72 bits per heavy atom. The van der Waals surface area contributed by atoms with Gasteiger partial charge in [0.15, 0.2) is 5.82 Å². The Morgan fingerprint density at radius 1 is 1.32 bits per heavy atom. The van der Waals surface area contributed by atoms with Crippen LogP contribution in [0.15, 0.2) is 24.3 Å².